The largest absolute Gasteiger partial charge is 0.368 e. The summed E-state index contributed by atoms with van der Waals surface area (Å²) in [6.07, 6.45) is 0.381. The Morgan fingerprint density at radius 2 is 1.96 bits per heavy atom. The molecule has 3 amide bonds. The first kappa shape index (κ1) is 21.7. The first-order valence-corrected chi connectivity index (χ1v) is 8.31. The van der Waals surface area contributed by atoms with Crippen molar-refractivity contribution in [2.24, 2.45) is 16.5 Å². The SMILES string of the molecule is CC(C)(NC(=O)C(CCCN)=NC(=O)Cc1ccc(F)cc1Cl)C(N)=O. The number of carbonyl (C=O) groups is 3. The molecule has 0 aliphatic heterocycles. The molecule has 0 fully saturated rings. The van der Waals surface area contributed by atoms with E-state index in [4.69, 9.17) is 23.1 Å². The van der Waals surface area contributed by atoms with E-state index in [0.717, 1.165) is 6.07 Å². The van der Waals surface area contributed by atoms with Crippen molar-refractivity contribution in [1.29, 1.82) is 0 Å². The fraction of sp³-hybridized carbons (Fsp3) is 0.412. The molecule has 0 aliphatic rings. The average Bonchev–Trinajstić information content (AvgIpc) is 2.53. The van der Waals surface area contributed by atoms with Gasteiger partial charge in [0, 0.05) is 5.02 Å². The predicted octanol–water partition coefficient (Wildman–Crippen LogP) is 1.11. The van der Waals surface area contributed by atoms with Crippen LogP contribution < -0.4 is 16.8 Å². The summed E-state index contributed by atoms with van der Waals surface area (Å²) in [5.74, 6) is -2.56. The van der Waals surface area contributed by atoms with E-state index in [0.29, 0.717) is 18.5 Å². The number of aliphatic imine (C=N–C) groups is 1. The minimum atomic E-state index is -1.30. The maximum Gasteiger partial charge on any atom is 0.266 e. The summed E-state index contributed by atoms with van der Waals surface area (Å²) >= 11 is 5.89. The van der Waals surface area contributed by atoms with Gasteiger partial charge >= 0.3 is 0 Å². The number of primary amides is 1. The van der Waals surface area contributed by atoms with Crippen LogP contribution in [-0.4, -0.2) is 35.5 Å². The lowest BCUT2D eigenvalue weighted by Gasteiger charge is -2.22. The second-order valence-electron chi connectivity index (χ2n) is 6.20. The number of halogens is 2. The Labute approximate surface area is 156 Å². The molecule has 0 aromatic heterocycles. The van der Waals surface area contributed by atoms with Crippen LogP contribution in [0.2, 0.25) is 5.02 Å². The summed E-state index contributed by atoms with van der Waals surface area (Å²) in [4.78, 5) is 39.7. The van der Waals surface area contributed by atoms with Crippen LogP contribution >= 0.6 is 11.6 Å². The van der Waals surface area contributed by atoms with Gasteiger partial charge in [0.25, 0.3) is 11.8 Å². The summed E-state index contributed by atoms with van der Waals surface area (Å²) in [5, 5.41) is 2.53. The van der Waals surface area contributed by atoms with Crippen molar-refractivity contribution in [3.8, 4) is 0 Å². The van der Waals surface area contributed by atoms with E-state index >= 15 is 0 Å². The number of carbonyl (C=O) groups excluding carboxylic acids is 3. The van der Waals surface area contributed by atoms with Gasteiger partial charge in [0.1, 0.15) is 17.1 Å². The third-order valence-corrected chi connectivity index (χ3v) is 3.89. The standard InChI is InChI=1S/C17H22ClFN4O3/c1-17(2,16(21)26)23-15(25)13(4-3-7-20)22-14(24)8-10-5-6-11(19)9-12(10)18/h5-6,9H,3-4,7-8,20H2,1-2H3,(H2,21,26)(H,23,25). The summed E-state index contributed by atoms with van der Waals surface area (Å²) in [6, 6.07) is 3.64. The molecule has 7 nitrogen and oxygen atoms in total. The van der Waals surface area contributed by atoms with E-state index in [2.05, 4.69) is 10.3 Å². The van der Waals surface area contributed by atoms with Crippen LogP contribution in [0.3, 0.4) is 0 Å². The summed E-state index contributed by atoms with van der Waals surface area (Å²) < 4.78 is 13.1. The van der Waals surface area contributed by atoms with Crippen molar-refractivity contribution in [1.82, 2.24) is 5.32 Å². The maximum atomic E-state index is 13.1. The second-order valence-corrected chi connectivity index (χ2v) is 6.61. The van der Waals surface area contributed by atoms with Gasteiger partial charge in [0.05, 0.1) is 6.42 Å². The van der Waals surface area contributed by atoms with Crippen LogP contribution in [0.1, 0.15) is 32.3 Å². The van der Waals surface area contributed by atoms with Crippen molar-refractivity contribution in [2.45, 2.75) is 38.6 Å². The summed E-state index contributed by atoms with van der Waals surface area (Å²) in [6.45, 7) is 3.17. The molecule has 1 aromatic rings. The average molecular weight is 385 g/mol. The topological polar surface area (TPSA) is 128 Å². The quantitative estimate of drug-likeness (QED) is 0.580. The molecular formula is C17H22ClFN4O3. The molecule has 0 unspecified atom stereocenters. The van der Waals surface area contributed by atoms with Gasteiger partial charge in [-0.05, 0) is 50.9 Å². The molecular weight excluding hydrogens is 363 g/mol. The van der Waals surface area contributed by atoms with Gasteiger partial charge in [-0.25, -0.2) is 9.38 Å². The van der Waals surface area contributed by atoms with Crippen LogP contribution in [0.4, 0.5) is 4.39 Å². The molecule has 0 bridgehead atoms. The van der Waals surface area contributed by atoms with Crippen LogP contribution in [0, 0.1) is 5.82 Å². The Balaban J connectivity index is 2.97. The molecule has 0 heterocycles. The van der Waals surface area contributed by atoms with E-state index in [1.807, 2.05) is 0 Å². The molecule has 26 heavy (non-hydrogen) atoms. The number of benzene rings is 1. The van der Waals surface area contributed by atoms with E-state index in [1.54, 1.807) is 0 Å². The highest BCUT2D eigenvalue weighted by Crippen LogP contribution is 2.18. The lowest BCUT2D eigenvalue weighted by Crippen LogP contribution is -2.54. The Bertz CT molecular complexity index is 735. The molecule has 142 valence electrons. The Morgan fingerprint density at radius 3 is 2.50 bits per heavy atom. The van der Waals surface area contributed by atoms with Gasteiger partial charge in [-0.15, -0.1) is 0 Å². The zero-order chi connectivity index (χ0) is 19.9. The molecule has 0 aliphatic carbocycles. The van der Waals surface area contributed by atoms with E-state index in [1.165, 1.54) is 26.0 Å². The fourth-order valence-corrected chi connectivity index (χ4v) is 2.16. The molecule has 0 atom stereocenters. The number of amides is 3. The van der Waals surface area contributed by atoms with Gasteiger partial charge < -0.3 is 16.8 Å². The number of nitrogens with two attached hydrogens (primary N) is 2. The van der Waals surface area contributed by atoms with E-state index in [-0.39, 0.29) is 23.6 Å². The van der Waals surface area contributed by atoms with Crippen molar-refractivity contribution in [3.63, 3.8) is 0 Å². The van der Waals surface area contributed by atoms with Crippen LogP contribution in [-0.2, 0) is 20.8 Å². The number of hydrogen-bond donors (Lipinski definition) is 3. The maximum absolute atomic E-state index is 13.1. The van der Waals surface area contributed by atoms with Crippen LogP contribution in [0.15, 0.2) is 23.2 Å². The molecule has 9 heteroatoms. The van der Waals surface area contributed by atoms with Crippen molar-refractivity contribution in [3.05, 3.63) is 34.6 Å². The van der Waals surface area contributed by atoms with Crippen molar-refractivity contribution < 1.29 is 18.8 Å². The first-order valence-electron chi connectivity index (χ1n) is 7.93. The van der Waals surface area contributed by atoms with Crippen LogP contribution in [0.25, 0.3) is 0 Å². The second kappa shape index (κ2) is 9.40. The van der Waals surface area contributed by atoms with Crippen molar-refractivity contribution in [2.75, 3.05) is 6.54 Å². The number of nitrogens with zero attached hydrogens (tertiary/aromatic N) is 1. The van der Waals surface area contributed by atoms with Gasteiger partial charge in [0.15, 0.2) is 0 Å². The highest BCUT2D eigenvalue weighted by molar-refractivity contribution is 6.41. The number of nitrogens with one attached hydrogen (secondary N) is 1. The lowest BCUT2D eigenvalue weighted by atomic mass is 10.0. The van der Waals surface area contributed by atoms with Gasteiger partial charge in [-0.2, -0.15) is 0 Å². The minimum absolute atomic E-state index is 0.0620. The summed E-state index contributed by atoms with van der Waals surface area (Å²) in [5.41, 5.74) is 9.69. The lowest BCUT2D eigenvalue weighted by molar-refractivity contribution is -0.127. The van der Waals surface area contributed by atoms with E-state index < -0.39 is 29.1 Å². The highest BCUT2D eigenvalue weighted by atomic mass is 35.5. The Hall–Kier alpha value is -2.32. The molecule has 0 saturated carbocycles. The first-order chi connectivity index (χ1) is 12.1. The predicted molar refractivity (Wildman–Crippen MR) is 97.3 cm³/mol. The van der Waals surface area contributed by atoms with Gasteiger partial charge in [-0.3, -0.25) is 14.4 Å². The van der Waals surface area contributed by atoms with Crippen LogP contribution in [0.5, 0.6) is 0 Å². The minimum Gasteiger partial charge on any atom is -0.368 e. The molecule has 1 rings (SSSR count). The number of hydrogen-bond acceptors (Lipinski definition) is 4. The van der Waals surface area contributed by atoms with Crippen molar-refractivity contribution >= 4 is 35.0 Å². The van der Waals surface area contributed by atoms with Gasteiger partial charge in [-0.1, -0.05) is 17.7 Å². The molecule has 0 radical (unpaired) electrons. The third kappa shape index (κ3) is 6.53. The number of rotatable bonds is 8. The third-order valence-electron chi connectivity index (χ3n) is 3.54. The Kier molecular flexibility index (Phi) is 7.85. The molecule has 1 aromatic carbocycles. The zero-order valence-corrected chi connectivity index (χ0v) is 15.4. The Morgan fingerprint density at radius 1 is 1.31 bits per heavy atom. The highest BCUT2D eigenvalue weighted by Gasteiger charge is 2.28. The van der Waals surface area contributed by atoms with E-state index in [9.17, 15) is 18.8 Å². The van der Waals surface area contributed by atoms with Gasteiger partial charge in [0.2, 0.25) is 5.91 Å². The monoisotopic (exact) mass is 384 g/mol. The smallest absolute Gasteiger partial charge is 0.266 e. The summed E-state index contributed by atoms with van der Waals surface area (Å²) in [7, 11) is 0. The molecule has 0 saturated heterocycles. The fourth-order valence-electron chi connectivity index (χ4n) is 1.93. The molecule has 0 spiro atoms. The molecule has 5 N–H and O–H groups in total. The zero-order valence-electron chi connectivity index (χ0n) is 14.6. The normalized spacial score (nSPS) is 12.0.